The number of hydrogen-bond acceptors (Lipinski definition) is 7. The highest BCUT2D eigenvalue weighted by Crippen LogP contribution is 2.31. The molecule has 8 heteroatoms. The Morgan fingerprint density at radius 2 is 1.79 bits per heavy atom. The maximum Gasteiger partial charge on any atom is 0.277 e. The lowest BCUT2D eigenvalue weighted by molar-refractivity contribution is 0.102. The topological polar surface area (TPSA) is 90.1 Å². The Balaban J connectivity index is 1.63. The Labute approximate surface area is 165 Å². The zero-order chi connectivity index (χ0) is 19.5. The highest BCUT2D eigenvalue weighted by Gasteiger charge is 2.22. The van der Waals surface area contributed by atoms with Crippen LogP contribution in [0.1, 0.15) is 15.5 Å². The van der Waals surface area contributed by atoms with Crippen molar-refractivity contribution >= 4 is 23.1 Å². The van der Waals surface area contributed by atoms with Gasteiger partial charge in [0.2, 0.25) is 5.82 Å². The Morgan fingerprint density at radius 1 is 1.04 bits per heavy atom. The van der Waals surface area contributed by atoms with Crippen LogP contribution in [0.2, 0.25) is 0 Å². The van der Waals surface area contributed by atoms with Crippen molar-refractivity contribution in [3.8, 4) is 27.4 Å². The second kappa shape index (κ2) is 7.61. The van der Waals surface area contributed by atoms with Gasteiger partial charge < -0.3 is 10.1 Å². The van der Waals surface area contributed by atoms with E-state index in [0.29, 0.717) is 11.4 Å². The van der Waals surface area contributed by atoms with E-state index in [2.05, 4.69) is 20.6 Å². The molecule has 4 rings (SSSR count). The number of benzene rings is 2. The number of amides is 1. The predicted octanol–water partition coefficient (Wildman–Crippen LogP) is 4.43. The summed E-state index contributed by atoms with van der Waals surface area (Å²) in [6.07, 6.45) is 0. The van der Waals surface area contributed by atoms with E-state index in [4.69, 9.17) is 9.37 Å². The van der Waals surface area contributed by atoms with Gasteiger partial charge >= 0.3 is 0 Å². The molecule has 0 unspecified atom stereocenters. The minimum atomic E-state index is -0.367. The third-order valence-corrected chi connectivity index (χ3v) is 5.09. The van der Waals surface area contributed by atoms with E-state index in [1.165, 1.54) is 11.3 Å². The average Bonchev–Trinajstić information content (AvgIpc) is 3.35. The van der Waals surface area contributed by atoms with Crippen LogP contribution in [0.25, 0.3) is 21.7 Å². The molecule has 7 nitrogen and oxygen atoms in total. The van der Waals surface area contributed by atoms with Crippen LogP contribution in [0.15, 0.2) is 59.2 Å². The maximum atomic E-state index is 12.9. The molecule has 0 aliphatic heterocycles. The van der Waals surface area contributed by atoms with E-state index in [-0.39, 0.29) is 11.7 Å². The fourth-order valence-electron chi connectivity index (χ4n) is 2.74. The first-order chi connectivity index (χ1) is 13.7. The van der Waals surface area contributed by atoms with Crippen LogP contribution in [-0.2, 0) is 0 Å². The molecular formula is C20H16N4O3S. The molecule has 1 N–H and O–H groups in total. The zero-order valence-corrected chi connectivity index (χ0v) is 16.0. The van der Waals surface area contributed by atoms with Crippen molar-refractivity contribution in [3.05, 3.63) is 65.3 Å². The smallest absolute Gasteiger partial charge is 0.277 e. The molecule has 4 aromatic rings. The van der Waals surface area contributed by atoms with Crippen molar-refractivity contribution < 1.29 is 14.2 Å². The summed E-state index contributed by atoms with van der Waals surface area (Å²) in [5.74, 6) is 0.588. The fraction of sp³-hybridized carbons (Fsp3) is 0.100. The van der Waals surface area contributed by atoms with E-state index in [9.17, 15) is 4.79 Å². The SMILES string of the molecule is COc1ccc(-c2nonc2NC(=O)c2nc(C)sc2-c2ccccc2)cc1. The summed E-state index contributed by atoms with van der Waals surface area (Å²) in [4.78, 5) is 18.1. The Bertz CT molecular complexity index is 1100. The van der Waals surface area contributed by atoms with Gasteiger partial charge in [-0.2, -0.15) is 0 Å². The second-order valence-electron chi connectivity index (χ2n) is 5.92. The highest BCUT2D eigenvalue weighted by molar-refractivity contribution is 7.15. The van der Waals surface area contributed by atoms with Gasteiger partial charge in [-0.15, -0.1) is 11.3 Å². The Morgan fingerprint density at radius 3 is 2.50 bits per heavy atom. The van der Waals surface area contributed by atoms with E-state index in [1.807, 2.05) is 49.4 Å². The van der Waals surface area contributed by atoms with Gasteiger partial charge in [-0.1, -0.05) is 30.3 Å². The molecule has 0 radical (unpaired) electrons. The van der Waals surface area contributed by atoms with E-state index in [0.717, 1.165) is 26.8 Å². The lowest BCUT2D eigenvalue weighted by Gasteiger charge is -2.05. The number of aromatic nitrogens is 3. The Hall–Kier alpha value is -3.52. The Kier molecular flexibility index (Phi) is 4.86. The summed E-state index contributed by atoms with van der Waals surface area (Å²) in [6, 6.07) is 16.9. The molecule has 0 aliphatic rings. The normalized spacial score (nSPS) is 10.6. The number of carbonyl (C=O) groups is 1. The number of thiazole rings is 1. The minimum Gasteiger partial charge on any atom is -0.497 e. The number of methoxy groups -OCH3 is 1. The van der Waals surface area contributed by atoms with Crippen molar-refractivity contribution in [2.45, 2.75) is 6.92 Å². The number of anilines is 1. The van der Waals surface area contributed by atoms with Gasteiger partial charge in [0.05, 0.1) is 17.0 Å². The number of nitrogens with zero attached hydrogens (tertiary/aromatic N) is 3. The molecule has 2 aromatic carbocycles. The largest absolute Gasteiger partial charge is 0.497 e. The maximum absolute atomic E-state index is 12.9. The van der Waals surface area contributed by atoms with Crippen LogP contribution >= 0.6 is 11.3 Å². The van der Waals surface area contributed by atoms with Gasteiger partial charge in [-0.3, -0.25) is 4.79 Å². The summed E-state index contributed by atoms with van der Waals surface area (Å²) in [5.41, 5.74) is 2.46. The highest BCUT2D eigenvalue weighted by atomic mass is 32.1. The van der Waals surface area contributed by atoms with Crippen LogP contribution < -0.4 is 10.1 Å². The molecule has 0 aliphatic carbocycles. The first-order valence-electron chi connectivity index (χ1n) is 8.47. The van der Waals surface area contributed by atoms with Crippen molar-refractivity contribution in [3.63, 3.8) is 0 Å². The van der Waals surface area contributed by atoms with Crippen molar-refractivity contribution in [1.82, 2.24) is 15.3 Å². The average molecular weight is 392 g/mol. The molecule has 28 heavy (non-hydrogen) atoms. The predicted molar refractivity (Wildman–Crippen MR) is 107 cm³/mol. The number of hydrogen-bond donors (Lipinski definition) is 1. The second-order valence-corrected chi connectivity index (χ2v) is 7.12. The zero-order valence-electron chi connectivity index (χ0n) is 15.2. The lowest BCUT2D eigenvalue weighted by atomic mass is 10.1. The van der Waals surface area contributed by atoms with Gasteiger partial charge in [0, 0.05) is 5.56 Å². The van der Waals surface area contributed by atoms with Crippen LogP contribution in [0.3, 0.4) is 0 Å². The number of aryl methyl sites for hydroxylation is 1. The molecule has 2 heterocycles. The minimum absolute atomic E-state index is 0.236. The molecule has 0 saturated carbocycles. The van der Waals surface area contributed by atoms with Crippen LogP contribution in [0.4, 0.5) is 5.82 Å². The molecular weight excluding hydrogens is 376 g/mol. The van der Waals surface area contributed by atoms with Crippen LogP contribution in [0.5, 0.6) is 5.75 Å². The van der Waals surface area contributed by atoms with Crippen molar-refractivity contribution in [2.24, 2.45) is 0 Å². The van der Waals surface area contributed by atoms with Gasteiger partial charge in [-0.05, 0) is 47.1 Å². The summed E-state index contributed by atoms with van der Waals surface area (Å²) in [6.45, 7) is 1.87. The van der Waals surface area contributed by atoms with Gasteiger partial charge in [0.1, 0.15) is 11.4 Å². The van der Waals surface area contributed by atoms with Gasteiger partial charge in [0.25, 0.3) is 5.91 Å². The van der Waals surface area contributed by atoms with Gasteiger partial charge in [0.15, 0.2) is 5.69 Å². The van der Waals surface area contributed by atoms with Crippen LogP contribution in [0, 0.1) is 6.92 Å². The third-order valence-electron chi connectivity index (χ3n) is 4.07. The molecule has 0 fully saturated rings. The van der Waals surface area contributed by atoms with E-state index < -0.39 is 0 Å². The molecule has 0 bridgehead atoms. The number of carbonyl (C=O) groups excluding carboxylic acids is 1. The standard InChI is InChI=1S/C20H16N4O3S/c1-12-21-17(18(28-12)14-6-4-3-5-7-14)20(25)22-19-16(23-27-24-19)13-8-10-15(26-2)11-9-13/h3-11H,1-2H3,(H,22,24,25). The van der Waals surface area contributed by atoms with Crippen molar-refractivity contribution in [2.75, 3.05) is 12.4 Å². The molecule has 2 aromatic heterocycles. The number of ether oxygens (including phenoxy) is 1. The molecule has 0 atom stereocenters. The first-order valence-corrected chi connectivity index (χ1v) is 9.28. The molecule has 1 amide bonds. The number of nitrogens with one attached hydrogen (secondary N) is 1. The molecule has 0 saturated heterocycles. The van der Waals surface area contributed by atoms with Crippen LogP contribution in [-0.4, -0.2) is 28.3 Å². The fourth-order valence-corrected chi connectivity index (χ4v) is 3.66. The summed E-state index contributed by atoms with van der Waals surface area (Å²) in [5, 5.41) is 11.3. The number of rotatable bonds is 5. The quantitative estimate of drug-likeness (QED) is 0.540. The van der Waals surface area contributed by atoms with E-state index >= 15 is 0 Å². The summed E-state index contributed by atoms with van der Waals surface area (Å²) in [7, 11) is 1.60. The van der Waals surface area contributed by atoms with Gasteiger partial charge in [-0.25, -0.2) is 9.61 Å². The lowest BCUT2D eigenvalue weighted by Crippen LogP contribution is -2.14. The summed E-state index contributed by atoms with van der Waals surface area (Å²) >= 11 is 1.47. The molecule has 0 spiro atoms. The monoisotopic (exact) mass is 392 g/mol. The van der Waals surface area contributed by atoms with E-state index in [1.54, 1.807) is 19.2 Å². The summed E-state index contributed by atoms with van der Waals surface area (Å²) < 4.78 is 10.0. The molecule has 140 valence electrons. The third kappa shape index (κ3) is 3.49. The first kappa shape index (κ1) is 17.9. The van der Waals surface area contributed by atoms with Crippen molar-refractivity contribution in [1.29, 1.82) is 0 Å².